The average Bonchev–Trinajstić information content (AvgIpc) is 2.43. The number of nitrogens with two attached hydrogens (primary N) is 1. The zero-order valence-corrected chi connectivity index (χ0v) is 11.9. The fraction of sp³-hybridized carbons (Fsp3) is 0.429. The van der Waals surface area contributed by atoms with Crippen LogP contribution in [0.5, 0.6) is 0 Å². The quantitative estimate of drug-likeness (QED) is 0.708. The van der Waals surface area contributed by atoms with E-state index in [9.17, 15) is 14.0 Å². The van der Waals surface area contributed by atoms with Gasteiger partial charge in [-0.1, -0.05) is 6.92 Å². The lowest BCUT2D eigenvalue weighted by molar-refractivity contribution is -0.130. The maximum Gasteiger partial charge on any atom is 0.238 e. The molecule has 2 amide bonds. The highest BCUT2D eigenvalue weighted by molar-refractivity contribution is 5.95. The van der Waals surface area contributed by atoms with Crippen molar-refractivity contribution in [3.63, 3.8) is 0 Å². The molecule has 1 aliphatic heterocycles. The maximum absolute atomic E-state index is 13.2. The van der Waals surface area contributed by atoms with Crippen LogP contribution in [0.3, 0.4) is 0 Å². The SMILES string of the molecule is CCC1C(=O)NCCN1CC(=O)Nc1cc(F)ccc1N. The van der Waals surface area contributed by atoms with Gasteiger partial charge in [0.05, 0.1) is 24.0 Å². The average molecular weight is 294 g/mol. The Morgan fingerprint density at radius 1 is 1.57 bits per heavy atom. The van der Waals surface area contributed by atoms with Gasteiger partial charge in [0, 0.05) is 13.1 Å². The van der Waals surface area contributed by atoms with Crippen LogP contribution in [-0.4, -0.2) is 42.4 Å². The molecule has 2 rings (SSSR count). The zero-order valence-electron chi connectivity index (χ0n) is 11.9. The smallest absolute Gasteiger partial charge is 0.238 e. The lowest BCUT2D eigenvalue weighted by atomic mass is 10.1. The number of hydrogen-bond acceptors (Lipinski definition) is 4. The highest BCUT2D eigenvalue weighted by Crippen LogP contribution is 2.19. The standard InChI is InChI=1S/C14H19FN4O2/c1-2-12-14(21)17-5-6-19(12)8-13(20)18-11-7-9(15)3-4-10(11)16/h3-4,7,12H,2,5-6,8,16H2,1H3,(H,17,21)(H,18,20). The van der Waals surface area contributed by atoms with Crippen molar-refractivity contribution in [2.45, 2.75) is 19.4 Å². The van der Waals surface area contributed by atoms with Gasteiger partial charge in [0.15, 0.2) is 0 Å². The van der Waals surface area contributed by atoms with Gasteiger partial charge < -0.3 is 16.4 Å². The van der Waals surface area contributed by atoms with Gasteiger partial charge >= 0.3 is 0 Å². The van der Waals surface area contributed by atoms with Crippen molar-refractivity contribution < 1.29 is 14.0 Å². The van der Waals surface area contributed by atoms with Crippen LogP contribution in [0.2, 0.25) is 0 Å². The van der Waals surface area contributed by atoms with Crippen LogP contribution >= 0.6 is 0 Å². The predicted molar refractivity (Wildman–Crippen MR) is 78.1 cm³/mol. The Labute approximate surface area is 122 Å². The number of carbonyl (C=O) groups is 2. The second-order valence-electron chi connectivity index (χ2n) is 4.97. The summed E-state index contributed by atoms with van der Waals surface area (Å²) in [6, 6.07) is 3.49. The largest absolute Gasteiger partial charge is 0.397 e. The third kappa shape index (κ3) is 3.69. The van der Waals surface area contributed by atoms with E-state index in [1.807, 2.05) is 11.8 Å². The number of halogens is 1. The zero-order chi connectivity index (χ0) is 15.4. The summed E-state index contributed by atoms with van der Waals surface area (Å²) >= 11 is 0. The van der Waals surface area contributed by atoms with Gasteiger partial charge in [0.1, 0.15) is 5.82 Å². The molecule has 4 N–H and O–H groups in total. The molecular weight excluding hydrogens is 275 g/mol. The molecule has 1 fully saturated rings. The Kier molecular flexibility index (Phi) is 4.74. The van der Waals surface area contributed by atoms with Gasteiger partial charge in [-0.2, -0.15) is 0 Å². The summed E-state index contributed by atoms with van der Waals surface area (Å²) in [4.78, 5) is 25.6. The first kappa shape index (κ1) is 15.2. The van der Waals surface area contributed by atoms with E-state index in [-0.39, 0.29) is 30.1 Å². The molecule has 0 radical (unpaired) electrons. The van der Waals surface area contributed by atoms with E-state index in [1.165, 1.54) is 18.2 Å². The van der Waals surface area contributed by atoms with Crippen molar-refractivity contribution in [2.75, 3.05) is 30.7 Å². The number of hydrogen-bond donors (Lipinski definition) is 3. The molecule has 0 aliphatic carbocycles. The number of nitrogen functional groups attached to an aromatic ring is 1. The van der Waals surface area contributed by atoms with Crippen LogP contribution in [0, 0.1) is 5.82 Å². The molecule has 1 aromatic carbocycles. The van der Waals surface area contributed by atoms with Crippen LogP contribution in [0.1, 0.15) is 13.3 Å². The van der Waals surface area contributed by atoms with Crippen LogP contribution in [0.25, 0.3) is 0 Å². The van der Waals surface area contributed by atoms with Crippen molar-refractivity contribution in [2.24, 2.45) is 0 Å². The number of carbonyl (C=O) groups excluding carboxylic acids is 2. The molecule has 1 heterocycles. The van der Waals surface area contributed by atoms with Gasteiger partial charge in [-0.3, -0.25) is 14.5 Å². The van der Waals surface area contributed by atoms with E-state index in [1.54, 1.807) is 0 Å². The Hall–Kier alpha value is -2.15. The topological polar surface area (TPSA) is 87.5 Å². The molecule has 6 nitrogen and oxygen atoms in total. The molecule has 1 saturated heterocycles. The van der Waals surface area contributed by atoms with E-state index in [2.05, 4.69) is 10.6 Å². The van der Waals surface area contributed by atoms with Crippen molar-refractivity contribution in [3.8, 4) is 0 Å². The second kappa shape index (κ2) is 6.53. The van der Waals surface area contributed by atoms with Gasteiger partial charge in [0.2, 0.25) is 11.8 Å². The number of rotatable bonds is 4. The summed E-state index contributed by atoms with van der Waals surface area (Å²) in [5.41, 5.74) is 6.23. The molecule has 114 valence electrons. The van der Waals surface area contributed by atoms with Crippen LogP contribution in [-0.2, 0) is 9.59 Å². The first-order chi connectivity index (χ1) is 10.0. The van der Waals surface area contributed by atoms with Crippen molar-refractivity contribution in [3.05, 3.63) is 24.0 Å². The molecule has 0 aromatic heterocycles. The Bertz CT molecular complexity index is 550. The molecule has 0 bridgehead atoms. The Morgan fingerprint density at radius 3 is 3.05 bits per heavy atom. The van der Waals surface area contributed by atoms with Crippen molar-refractivity contribution in [1.29, 1.82) is 0 Å². The minimum absolute atomic E-state index is 0.0678. The summed E-state index contributed by atoms with van der Waals surface area (Å²) < 4.78 is 13.2. The molecule has 7 heteroatoms. The summed E-state index contributed by atoms with van der Waals surface area (Å²) in [5.74, 6) is -0.856. The van der Waals surface area contributed by atoms with E-state index in [0.29, 0.717) is 25.2 Å². The first-order valence-corrected chi connectivity index (χ1v) is 6.88. The van der Waals surface area contributed by atoms with Crippen LogP contribution in [0.15, 0.2) is 18.2 Å². The van der Waals surface area contributed by atoms with E-state index >= 15 is 0 Å². The third-order valence-corrected chi connectivity index (χ3v) is 3.46. The molecular formula is C14H19FN4O2. The highest BCUT2D eigenvalue weighted by atomic mass is 19.1. The van der Waals surface area contributed by atoms with Gasteiger partial charge in [-0.05, 0) is 24.6 Å². The van der Waals surface area contributed by atoms with Gasteiger partial charge in [-0.25, -0.2) is 4.39 Å². The van der Waals surface area contributed by atoms with Crippen LogP contribution < -0.4 is 16.4 Å². The summed E-state index contributed by atoms with van der Waals surface area (Å²) in [6.45, 7) is 3.09. The fourth-order valence-electron chi connectivity index (χ4n) is 2.41. The van der Waals surface area contributed by atoms with E-state index in [4.69, 9.17) is 5.73 Å². The summed E-state index contributed by atoms with van der Waals surface area (Å²) in [5, 5.41) is 5.35. The molecule has 1 aliphatic rings. The van der Waals surface area contributed by atoms with Gasteiger partial charge in [-0.15, -0.1) is 0 Å². The molecule has 1 atom stereocenters. The number of amides is 2. The lowest BCUT2D eigenvalue weighted by Gasteiger charge is -2.33. The monoisotopic (exact) mass is 294 g/mol. The van der Waals surface area contributed by atoms with Crippen LogP contribution in [0.4, 0.5) is 15.8 Å². The van der Waals surface area contributed by atoms with Crippen molar-refractivity contribution in [1.82, 2.24) is 10.2 Å². The molecule has 1 unspecified atom stereocenters. The highest BCUT2D eigenvalue weighted by Gasteiger charge is 2.29. The third-order valence-electron chi connectivity index (χ3n) is 3.46. The fourth-order valence-corrected chi connectivity index (χ4v) is 2.41. The number of benzene rings is 1. The predicted octanol–water partition coefficient (Wildman–Crippen LogP) is 0.557. The maximum atomic E-state index is 13.2. The molecule has 1 aromatic rings. The number of piperazine rings is 1. The second-order valence-corrected chi connectivity index (χ2v) is 4.97. The number of anilines is 2. The normalized spacial score (nSPS) is 19.1. The number of nitrogens with one attached hydrogen (secondary N) is 2. The molecule has 0 saturated carbocycles. The first-order valence-electron chi connectivity index (χ1n) is 6.88. The number of nitrogens with zero attached hydrogens (tertiary/aromatic N) is 1. The Morgan fingerprint density at radius 2 is 2.33 bits per heavy atom. The minimum Gasteiger partial charge on any atom is -0.397 e. The minimum atomic E-state index is -0.469. The Balaban J connectivity index is 2.00. The van der Waals surface area contributed by atoms with Crippen molar-refractivity contribution >= 4 is 23.2 Å². The summed E-state index contributed by atoms with van der Waals surface area (Å²) in [7, 11) is 0. The lowest BCUT2D eigenvalue weighted by Crippen LogP contribution is -2.56. The molecule has 0 spiro atoms. The van der Waals surface area contributed by atoms with E-state index < -0.39 is 5.82 Å². The van der Waals surface area contributed by atoms with Gasteiger partial charge in [0.25, 0.3) is 0 Å². The van der Waals surface area contributed by atoms with E-state index in [0.717, 1.165) is 0 Å². The molecule has 21 heavy (non-hydrogen) atoms. The summed E-state index contributed by atoms with van der Waals surface area (Å²) in [6.07, 6.45) is 0.626.